The molecule has 1 aliphatic rings. The highest BCUT2D eigenvalue weighted by Crippen LogP contribution is 2.29. The number of halogens is 1. The molecule has 0 saturated carbocycles. The molecule has 5 nitrogen and oxygen atoms in total. The summed E-state index contributed by atoms with van der Waals surface area (Å²) < 4.78 is 19.2. The number of hydrogen-bond acceptors (Lipinski definition) is 3. The molecule has 0 aromatic heterocycles. The normalized spacial score (nSPS) is 15.5. The third-order valence-corrected chi connectivity index (χ3v) is 5.53. The summed E-state index contributed by atoms with van der Waals surface area (Å²) in [5.74, 6) is 0.0988. The number of amides is 2. The molecule has 164 valence electrons. The number of fused-ring (bicyclic) bond motifs is 1. The Morgan fingerprint density at radius 1 is 1.09 bits per heavy atom. The zero-order valence-electron chi connectivity index (χ0n) is 17.9. The van der Waals surface area contributed by atoms with Gasteiger partial charge in [0.2, 0.25) is 0 Å². The van der Waals surface area contributed by atoms with Crippen LogP contribution in [0.15, 0.2) is 72.8 Å². The van der Waals surface area contributed by atoms with Crippen LogP contribution in [0.5, 0.6) is 5.75 Å². The molecule has 32 heavy (non-hydrogen) atoms. The van der Waals surface area contributed by atoms with Crippen molar-refractivity contribution in [3.05, 3.63) is 95.3 Å². The highest BCUT2D eigenvalue weighted by atomic mass is 19.1. The molecule has 0 radical (unpaired) electrons. The van der Waals surface area contributed by atoms with Crippen LogP contribution in [-0.2, 0) is 17.8 Å². The van der Waals surface area contributed by atoms with Gasteiger partial charge in [-0.3, -0.25) is 9.59 Å². The van der Waals surface area contributed by atoms with Gasteiger partial charge >= 0.3 is 0 Å². The molecule has 1 heterocycles. The molecule has 3 aromatic carbocycles. The lowest BCUT2D eigenvalue weighted by atomic mass is 10.1. The van der Waals surface area contributed by atoms with E-state index in [4.69, 9.17) is 4.74 Å². The van der Waals surface area contributed by atoms with Gasteiger partial charge in [-0.05, 0) is 60.9 Å². The molecule has 1 N–H and O–H groups in total. The van der Waals surface area contributed by atoms with Crippen molar-refractivity contribution in [3.8, 4) is 5.75 Å². The first-order valence-electron chi connectivity index (χ1n) is 10.7. The van der Waals surface area contributed by atoms with Crippen molar-refractivity contribution in [2.24, 2.45) is 0 Å². The summed E-state index contributed by atoms with van der Waals surface area (Å²) in [5.41, 5.74) is 3.00. The molecule has 0 spiro atoms. The van der Waals surface area contributed by atoms with Crippen molar-refractivity contribution >= 4 is 17.5 Å². The maximum Gasteiger partial charge on any atom is 0.263 e. The van der Waals surface area contributed by atoms with E-state index in [2.05, 4.69) is 5.32 Å². The summed E-state index contributed by atoms with van der Waals surface area (Å²) in [7, 11) is 0. The molecule has 0 fully saturated rings. The Morgan fingerprint density at radius 2 is 1.84 bits per heavy atom. The fourth-order valence-corrected chi connectivity index (χ4v) is 3.74. The second-order valence-electron chi connectivity index (χ2n) is 7.79. The van der Waals surface area contributed by atoms with E-state index in [0.29, 0.717) is 42.9 Å². The number of nitrogens with one attached hydrogen (secondary N) is 1. The fraction of sp³-hybridized carbons (Fsp3) is 0.231. The zero-order chi connectivity index (χ0) is 22.5. The Balaban J connectivity index is 1.53. The number of nitrogens with zero attached hydrogens (tertiary/aromatic N) is 1. The summed E-state index contributed by atoms with van der Waals surface area (Å²) in [6.07, 6.45) is 0.606. The van der Waals surface area contributed by atoms with E-state index < -0.39 is 6.10 Å². The van der Waals surface area contributed by atoms with Crippen molar-refractivity contribution in [3.63, 3.8) is 0 Å². The monoisotopic (exact) mass is 432 g/mol. The van der Waals surface area contributed by atoms with E-state index in [-0.39, 0.29) is 17.6 Å². The standard InChI is InChI=1S/C26H25FN2O3/c1-2-23-26(31)29(15-14-18-8-10-21(27)11-9-18)17-20-16-22(12-13-24(20)32-23)28-25(30)19-6-4-3-5-7-19/h3-13,16,23H,2,14-15,17H2,1H3,(H,28,30)/t23-/m0/s1. The summed E-state index contributed by atoms with van der Waals surface area (Å²) in [6.45, 7) is 2.78. The molecule has 1 aliphatic heterocycles. The van der Waals surface area contributed by atoms with Gasteiger partial charge in [-0.1, -0.05) is 37.3 Å². The number of anilines is 1. The van der Waals surface area contributed by atoms with Crippen LogP contribution in [-0.4, -0.2) is 29.4 Å². The van der Waals surface area contributed by atoms with Crippen LogP contribution >= 0.6 is 0 Å². The predicted octanol–water partition coefficient (Wildman–Crippen LogP) is 4.82. The highest BCUT2D eigenvalue weighted by molar-refractivity contribution is 6.04. The Bertz CT molecular complexity index is 1100. The topological polar surface area (TPSA) is 58.6 Å². The minimum absolute atomic E-state index is 0.0688. The summed E-state index contributed by atoms with van der Waals surface area (Å²) >= 11 is 0. The largest absolute Gasteiger partial charge is 0.480 e. The number of benzene rings is 3. The van der Waals surface area contributed by atoms with E-state index in [1.807, 2.05) is 31.2 Å². The number of carbonyl (C=O) groups is 2. The smallest absolute Gasteiger partial charge is 0.263 e. The molecular weight excluding hydrogens is 407 g/mol. The lowest BCUT2D eigenvalue weighted by Crippen LogP contribution is -2.40. The lowest BCUT2D eigenvalue weighted by molar-refractivity contribution is -0.138. The first-order chi connectivity index (χ1) is 15.5. The minimum atomic E-state index is -0.561. The van der Waals surface area contributed by atoms with Crippen LogP contribution in [0.3, 0.4) is 0 Å². The molecule has 0 bridgehead atoms. The van der Waals surface area contributed by atoms with E-state index in [0.717, 1.165) is 11.1 Å². The highest BCUT2D eigenvalue weighted by Gasteiger charge is 2.29. The van der Waals surface area contributed by atoms with Crippen LogP contribution in [0.2, 0.25) is 0 Å². The maximum atomic E-state index is 13.2. The van der Waals surface area contributed by atoms with Crippen molar-refractivity contribution in [2.45, 2.75) is 32.4 Å². The van der Waals surface area contributed by atoms with Gasteiger partial charge in [0, 0.05) is 29.9 Å². The van der Waals surface area contributed by atoms with Crippen LogP contribution in [0.25, 0.3) is 0 Å². The van der Waals surface area contributed by atoms with E-state index in [9.17, 15) is 14.0 Å². The average molecular weight is 432 g/mol. The van der Waals surface area contributed by atoms with Crippen LogP contribution < -0.4 is 10.1 Å². The van der Waals surface area contributed by atoms with Crippen LogP contribution in [0.4, 0.5) is 10.1 Å². The molecule has 0 unspecified atom stereocenters. The number of ether oxygens (including phenoxy) is 1. The Labute approximate surface area is 186 Å². The molecule has 3 aromatic rings. The van der Waals surface area contributed by atoms with Crippen LogP contribution in [0.1, 0.15) is 34.8 Å². The summed E-state index contributed by atoms with van der Waals surface area (Å²) in [4.78, 5) is 27.3. The maximum absolute atomic E-state index is 13.2. The SMILES string of the molecule is CC[C@@H]1Oc2ccc(NC(=O)c3ccccc3)cc2CN(CCc2ccc(F)cc2)C1=O. The molecule has 4 rings (SSSR count). The number of hydrogen-bond donors (Lipinski definition) is 1. The predicted molar refractivity (Wildman–Crippen MR) is 121 cm³/mol. The van der Waals surface area contributed by atoms with Crippen molar-refractivity contribution in [2.75, 3.05) is 11.9 Å². The Morgan fingerprint density at radius 3 is 2.56 bits per heavy atom. The number of carbonyl (C=O) groups excluding carboxylic acids is 2. The third-order valence-electron chi connectivity index (χ3n) is 5.53. The molecule has 2 amide bonds. The van der Waals surface area contributed by atoms with E-state index >= 15 is 0 Å². The van der Waals surface area contributed by atoms with Crippen molar-refractivity contribution < 1.29 is 18.7 Å². The lowest BCUT2D eigenvalue weighted by Gasteiger charge is -2.23. The third kappa shape index (κ3) is 4.97. The minimum Gasteiger partial charge on any atom is -0.480 e. The first-order valence-corrected chi connectivity index (χ1v) is 10.7. The molecule has 0 aliphatic carbocycles. The van der Waals surface area contributed by atoms with Gasteiger partial charge in [-0.2, -0.15) is 0 Å². The average Bonchev–Trinajstić information content (AvgIpc) is 2.95. The first kappa shape index (κ1) is 21.6. The van der Waals surface area contributed by atoms with Crippen molar-refractivity contribution in [1.82, 2.24) is 4.90 Å². The Hall–Kier alpha value is -3.67. The quantitative estimate of drug-likeness (QED) is 0.608. The number of rotatable bonds is 6. The summed E-state index contributed by atoms with van der Waals surface area (Å²) in [6, 6.07) is 20.7. The van der Waals surface area contributed by atoms with Crippen molar-refractivity contribution in [1.29, 1.82) is 0 Å². The van der Waals surface area contributed by atoms with E-state index in [1.54, 1.807) is 41.3 Å². The van der Waals surface area contributed by atoms with Gasteiger partial charge in [0.1, 0.15) is 11.6 Å². The van der Waals surface area contributed by atoms with E-state index in [1.165, 1.54) is 12.1 Å². The van der Waals surface area contributed by atoms with Gasteiger partial charge in [0.05, 0.1) is 0 Å². The van der Waals surface area contributed by atoms with Gasteiger partial charge in [0.15, 0.2) is 6.10 Å². The second-order valence-corrected chi connectivity index (χ2v) is 7.79. The fourth-order valence-electron chi connectivity index (χ4n) is 3.74. The molecule has 6 heteroatoms. The second kappa shape index (κ2) is 9.64. The van der Waals surface area contributed by atoms with Gasteiger partial charge in [-0.25, -0.2) is 4.39 Å². The molecular formula is C26H25FN2O3. The van der Waals surface area contributed by atoms with Gasteiger partial charge < -0.3 is 15.0 Å². The van der Waals surface area contributed by atoms with Crippen LogP contribution in [0, 0.1) is 5.82 Å². The van der Waals surface area contributed by atoms with Gasteiger partial charge in [0.25, 0.3) is 11.8 Å². The zero-order valence-corrected chi connectivity index (χ0v) is 17.9. The molecule has 0 saturated heterocycles. The van der Waals surface area contributed by atoms with Gasteiger partial charge in [-0.15, -0.1) is 0 Å². The molecule has 1 atom stereocenters. The summed E-state index contributed by atoms with van der Waals surface area (Å²) in [5, 5.41) is 2.91. The Kier molecular flexibility index (Phi) is 6.50.